The molecule has 1 fully saturated rings. The van der Waals surface area contributed by atoms with Gasteiger partial charge in [0.25, 0.3) is 0 Å². The molecule has 2 aromatic rings. The second-order valence-electron chi connectivity index (χ2n) is 5.41. The van der Waals surface area contributed by atoms with Crippen LogP contribution in [0.1, 0.15) is 32.0 Å². The van der Waals surface area contributed by atoms with Crippen LogP contribution in [0.5, 0.6) is 0 Å². The van der Waals surface area contributed by atoms with E-state index in [1.54, 1.807) is 6.20 Å². The molecule has 1 aliphatic rings. The summed E-state index contributed by atoms with van der Waals surface area (Å²) in [4.78, 5) is 16.6. The van der Waals surface area contributed by atoms with Gasteiger partial charge in [0.15, 0.2) is 0 Å². The van der Waals surface area contributed by atoms with Gasteiger partial charge in [-0.15, -0.1) is 0 Å². The minimum Gasteiger partial charge on any atom is -0.353 e. The highest BCUT2D eigenvalue weighted by Gasteiger charge is 2.42. The van der Waals surface area contributed by atoms with Crippen molar-refractivity contribution in [3.8, 4) is 17.5 Å². The summed E-state index contributed by atoms with van der Waals surface area (Å²) in [6, 6.07) is 3.91. The molecular weight excluding hydrogens is 332 g/mol. The number of hydrogen-bond acceptors (Lipinski definition) is 5. The summed E-state index contributed by atoms with van der Waals surface area (Å²) in [6.45, 7) is 2.74. The smallest absolute Gasteiger partial charge is 0.223 e. The molecule has 108 valence electrons. The average Bonchev–Trinajstić information content (AvgIpc) is 3.10. The largest absolute Gasteiger partial charge is 0.353 e. The fourth-order valence-electron chi connectivity index (χ4n) is 2.04. The Kier molecular flexibility index (Phi) is 3.64. The van der Waals surface area contributed by atoms with Crippen LogP contribution in [-0.4, -0.2) is 26.5 Å². The van der Waals surface area contributed by atoms with Crippen LogP contribution in [0.25, 0.3) is 11.4 Å². The number of rotatable bonds is 5. The Morgan fingerprint density at radius 1 is 1.48 bits per heavy atom. The van der Waals surface area contributed by atoms with E-state index in [2.05, 4.69) is 54.2 Å². The van der Waals surface area contributed by atoms with Gasteiger partial charge in [-0.25, -0.2) is 15.0 Å². The molecule has 2 aromatic heterocycles. The lowest BCUT2D eigenvalue weighted by atomic mass is 10.1. The normalized spacial score (nSPS) is 15.5. The Balaban J connectivity index is 1.85. The van der Waals surface area contributed by atoms with E-state index >= 15 is 0 Å². The molecule has 21 heavy (non-hydrogen) atoms. The van der Waals surface area contributed by atoms with Crippen molar-refractivity contribution in [2.45, 2.75) is 31.6 Å². The van der Waals surface area contributed by atoms with Crippen LogP contribution < -0.4 is 5.32 Å². The topological polar surface area (TPSA) is 90.3 Å². The molecule has 0 saturated heterocycles. The number of aromatic amines is 1. The molecule has 7 heteroatoms. The Labute approximate surface area is 131 Å². The molecule has 0 atom stereocenters. The third-order valence-electron chi connectivity index (χ3n) is 3.65. The van der Waals surface area contributed by atoms with E-state index in [1.165, 1.54) is 0 Å². The fraction of sp³-hybridized carbons (Fsp3) is 0.429. The Morgan fingerprint density at radius 3 is 3.00 bits per heavy atom. The molecule has 0 aliphatic heterocycles. The van der Waals surface area contributed by atoms with E-state index in [0.717, 1.165) is 34.7 Å². The van der Waals surface area contributed by atoms with Crippen LogP contribution in [0.2, 0.25) is 0 Å². The van der Waals surface area contributed by atoms with Crippen molar-refractivity contribution in [1.82, 2.24) is 19.9 Å². The zero-order valence-electron chi connectivity index (χ0n) is 11.6. The second kappa shape index (κ2) is 5.45. The Bertz CT molecular complexity index is 698. The van der Waals surface area contributed by atoms with Crippen LogP contribution in [0, 0.1) is 11.3 Å². The molecule has 1 aliphatic carbocycles. The predicted molar refractivity (Wildman–Crippen MR) is 82.6 cm³/mol. The van der Waals surface area contributed by atoms with Crippen LogP contribution in [0.15, 0.2) is 16.9 Å². The molecule has 2 N–H and O–H groups in total. The molecule has 0 aromatic carbocycles. The summed E-state index contributed by atoms with van der Waals surface area (Å²) in [5, 5.41) is 11.6. The number of nitrogens with one attached hydrogen (secondary N) is 2. The minimum absolute atomic E-state index is 0.182. The molecule has 0 bridgehead atoms. The maximum atomic E-state index is 8.55. The van der Waals surface area contributed by atoms with Crippen molar-refractivity contribution in [1.29, 1.82) is 5.26 Å². The lowest BCUT2D eigenvalue weighted by Crippen LogP contribution is -2.05. The number of H-pyrrole nitrogens is 1. The summed E-state index contributed by atoms with van der Waals surface area (Å²) < 4.78 is 0.840. The van der Waals surface area contributed by atoms with Gasteiger partial charge in [0.05, 0.1) is 18.2 Å². The highest BCUT2D eigenvalue weighted by Crippen LogP contribution is 2.47. The lowest BCUT2D eigenvalue weighted by Gasteiger charge is -2.03. The van der Waals surface area contributed by atoms with Gasteiger partial charge < -0.3 is 10.3 Å². The lowest BCUT2D eigenvalue weighted by molar-refractivity contribution is 0.723. The SMILES string of the molecule is CC1(c2nc(-c3ccnc(NCCC#N)n3)c(Br)[nH]2)CC1. The zero-order chi connectivity index (χ0) is 14.9. The summed E-state index contributed by atoms with van der Waals surface area (Å²) in [6.07, 6.45) is 4.44. The van der Waals surface area contributed by atoms with Crippen molar-refractivity contribution in [2.24, 2.45) is 0 Å². The summed E-state index contributed by atoms with van der Waals surface area (Å²) in [7, 11) is 0. The number of nitriles is 1. The van der Waals surface area contributed by atoms with Crippen LogP contribution in [0.4, 0.5) is 5.95 Å². The first-order chi connectivity index (χ1) is 10.1. The Morgan fingerprint density at radius 2 is 2.29 bits per heavy atom. The van der Waals surface area contributed by atoms with Crippen molar-refractivity contribution in [3.05, 3.63) is 22.7 Å². The van der Waals surface area contributed by atoms with Gasteiger partial charge in [0.1, 0.15) is 16.1 Å². The number of hydrogen-bond donors (Lipinski definition) is 2. The molecule has 6 nitrogen and oxygen atoms in total. The highest BCUT2D eigenvalue weighted by molar-refractivity contribution is 9.10. The van der Waals surface area contributed by atoms with Crippen molar-refractivity contribution in [3.63, 3.8) is 0 Å². The van der Waals surface area contributed by atoms with Crippen LogP contribution >= 0.6 is 15.9 Å². The number of aromatic nitrogens is 4. The number of anilines is 1. The van der Waals surface area contributed by atoms with Gasteiger partial charge in [0, 0.05) is 18.2 Å². The highest BCUT2D eigenvalue weighted by atomic mass is 79.9. The van der Waals surface area contributed by atoms with E-state index in [0.29, 0.717) is 18.9 Å². The standard InChI is InChI=1S/C14H15BrN6/c1-14(4-5-14)12-20-10(11(15)21-12)9-3-8-18-13(19-9)17-7-2-6-16/h3,8H,2,4-5,7H2,1H3,(H,20,21)(H,17,18,19). The third kappa shape index (κ3) is 2.90. The molecule has 3 rings (SSSR count). The summed E-state index contributed by atoms with van der Waals surface area (Å²) in [5.74, 6) is 1.51. The molecule has 0 amide bonds. The van der Waals surface area contributed by atoms with Gasteiger partial charge in [-0.05, 0) is 34.8 Å². The number of halogens is 1. The molecule has 0 spiro atoms. The fourth-order valence-corrected chi connectivity index (χ4v) is 2.52. The predicted octanol–water partition coefficient (Wildman–Crippen LogP) is 3.01. The summed E-state index contributed by atoms with van der Waals surface area (Å²) in [5.41, 5.74) is 1.73. The average molecular weight is 347 g/mol. The maximum absolute atomic E-state index is 8.55. The van der Waals surface area contributed by atoms with E-state index < -0.39 is 0 Å². The quantitative estimate of drug-likeness (QED) is 0.812. The van der Waals surface area contributed by atoms with E-state index in [-0.39, 0.29) is 5.41 Å². The van der Waals surface area contributed by atoms with E-state index in [4.69, 9.17) is 5.26 Å². The van der Waals surface area contributed by atoms with E-state index in [1.807, 2.05) is 6.07 Å². The van der Waals surface area contributed by atoms with Crippen LogP contribution in [-0.2, 0) is 5.41 Å². The second-order valence-corrected chi connectivity index (χ2v) is 6.20. The first-order valence-corrected chi connectivity index (χ1v) is 7.62. The number of nitrogens with zero attached hydrogens (tertiary/aromatic N) is 4. The zero-order valence-corrected chi connectivity index (χ0v) is 13.2. The Hall–Kier alpha value is -1.94. The van der Waals surface area contributed by atoms with Crippen molar-refractivity contribution >= 4 is 21.9 Å². The first kappa shape index (κ1) is 14.0. The molecular formula is C14H15BrN6. The van der Waals surface area contributed by atoms with Gasteiger partial charge in [0.2, 0.25) is 5.95 Å². The van der Waals surface area contributed by atoms with Gasteiger partial charge in [-0.3, -0.25) is 0 Å². The first-order valence-electron chi connectivity index (χ1n) is 6.83. The minimum atomic E-state index is 0.182. The summed E-state index contributed by atoms with van der Waals surface area (Å²) >= 11 is 3.52. The van der Waals surface area contributed by atoms with Crippen LogP contribution in [0.3, 0.4) is 0 Å². The molecule has 1 saturated carbocycles. The molecule has 0 radical (unpaired) electrons. The third-order valence-corrected chi connectivity index (χ3v) is 4.22. The molecule has 0 unspecified atom stereocenters. The van der Waals surface area contributed by atoms with Gasteiger partial charge in [-0.1, -0.05) is 6.92 Å². The van der Waals surface area contributed by atoms with E-state index in [9.17, 15) is 0 Å². The number of imidazole rings is 1. The van der Waals surface area contributed by atoms with Crippen molar-refractivity contribution < 1.29 is 0 Å². The van der Waals surface area contributed by atoms with Crippen molar-refractivity contribution in [2.75, 3.05) is 11.9 Å². The monoisotopic (exact) mass is 346 g/mol. The maximum Gasteiger partial charge on any atom is 0.223 e. The molecule has 2 heterocycles. The van der Waals surface area contributed by atoms with Gasteiger partial charge >= 0.3 is 0 Å². The van der Waals surface area contributed by atoms with Gasteiger partial charge in [-0.2, -0.15) is 5.26 Å².